The summed E-state index contributed by atoms with van der Waals surface area (Å²) in [6.07, 6.45) is 1.80. The van der Waals surface area contributed by atoms with Crippen LogP contribution in [-0.2, 0) is 9.53 Å². The van der Waals surface area contributed by atoms with E-state index in [1.165, 1.54) is 7.11 Å². The SMILES string of the molecule is CCC(N)CCN(C)C(=O)COC. The highest BCUT2D eigenvalue weighted by molar-refractivity contribution is 5.77. The number of likely N-dealkylation sites (N-methyl/N-ethyl adjacent to an activating group) is 1. The molecule has 0 saturated carbocycles. The molecule has 4 heteroatoms. The van der Waals surface area contributed by atoms with Crippen molar-refractivity contribution in [2.75, 3.05) is 27.3 Å². The van der Waals surface area contributed by atoms with E-state index < -0.39 is 0 Å². The second-order valence-electron chi connectivity index (χ2n) is 3.21. The summed E-state index contributed by atoms with van der Waals surface area (Å²) in [4.78, 5) is 12.9. The van der Waals surface area contributed by atoms with Crippen molar-refractivity contribution < 1.29 is 9.53 Å². The number of rotatable bonds is 6. The smallest absolute Gasteiger partial charge is 0.248 e. The van der Waals surface area contributed by atoms with Crippen molar-refractivity contribution in [2.45, 2.75) is 25.8 Å². The number of carbonyl (C=O) groups is 1. The molecule has 0 aliphatic carbocycles. The topological polar surface area (TPSA) is 55.6 Å². The van der Waals surface area contributed by atoms with Gasteiger partial charge in [-0.2, -0.15) is 0 Å². The van der Waals surface area contributed by atoms with Crippen molar-refractivity contribution in [3.63, 3.8) is 0 Å². The first-order chi connectivity index (χ1) is 6.11. The van der Waals surface area contributed by atoms with Gasteiger partial charge in [0.1, 0.15) is 6.61 Å². The van der Waals surface area contributed by atoms with Gasteiger partial charge in [-0.15, -0.1) is 0 Å². The van der Waals surface area contributed by atoms with Crippen LogP contribution in [0.3, 0.4) is 0 Å². The standard InChI is InChI=1S/C9H20N2O2/c1-4-8(10)5-6-11(2)9(12)7-13-3/h8H,4-7,10H2,1-3H3. The summed E-state index contributed by atoms with van der Waals surface area (Å²) in [7, 11) is 3.28. The van der Waals surface area contributed by atoms with Gasteiger partial charge in [-0.3, -0.25) is 4.79 Å². The van der Waals surface area contributed by atoms with Crippen LogP contribution >= 0.6 is 0 Å². The van der Waals surface area contributed by atoms with Crippen LogP contribution < -0.4 is 5.73 Å². The quantitative estimate of drug-likeness (QED) is 0.648. The zero-order valence-electron chi connectivity index (χ0n) is 8.75. The van der Waals surface area contributed by atoms with Gasteiger partial charge in [-0.25, -0.2) is 0 Å². The lowest BCUT2D eigenvalue weighted by molar-refractivity contribution is -0.133. The lowest BCUT2D eigenvalue weighted by Gasteiger charge is -2.18. The Morgan fingerprint density at radius 2 is 2.23 bits per heavy atom. The molecule has 13 heavy (non-hydrogen) atoms. The van der Waals surface area contributed by atoms with Crippen molar-refractivity contribution >= 4 is 5.91 Å². The van der Waals surface area contributed by atoms with Crippen molar-refractivity contribution in [3.8, 4) is 0 Å². The minimum atomic E-state index is 0.00537. The van der Waals surface area contributed by atoms with Crippen molar-refractivity contribution in [1.82, 2.24) is 4.90 Å². The Bertz CT molecular complexity index is 151. The van der Waals surface area contributed by atoms with Gasteiger partial charge >= 0.3 is 0 Å². The van der Waals surface area contributed by atoms with Crippen LogP contribution in [0.15, 0.2) is 0 Å². The number of amides is 1. The number of methoxy groups -OCH3 is 1. The second-order valence-corrected chi connectivity index (χ2v) is 3.21. The molecule has 2 N–H and O–H groups in total. The van der Waals surface area contributed by atoms with Gasteiger partial charge < -0.3 is 15.4 Å². The molecule has 0 spiro atoms. The third kappa shape index (κ3) is 5.60. The maximum absolute atomic E-state index is 11.2. The predicted octanol–water partition coefficient (Wildman–Crippen LogP) is 0.219. The first kappa shape index (κ1) is 12.4. The monoisotopic (exact) mass is 188 g/mol. The normalized spacial score (nSPS) is 12.6. The van der Waals surface area contributed by atoms with Crippen LogP contribution in [0.2, 0.25) is 0 Å². The van der Waals surface area contributed by atoms with E-state index in [0.717, 1.165) is 12.8 Å². The zero-order valence-corrected chi connectivity index (χ0v) is 8.75. The lowest BCUT2D eigenvalue weighted by atomic mass is 10.1. The molecule has 0 heterocycles. The molecule has 0 aromatic rings. The average Bonchev–Trinajstić information content (AvgIpc) is 2.13. The lowest BCUT2D eigenvalue weighted by Crippen LogP contribution is -2.34. The number of nitrogens with zero attached hydrogens (tertiary/aromatic N) is 1. The van der Waals surface area contributed by atoms with E-state index in [1.54, 1.807) is 11.9 Å². The summed E-state index contributed by atoms with van der Waals surface area (Å²) < 4.78 is 4.74. The Balaban J connectivity index is 3.60. The molecular formula is C9H20N2O2. The summed E-state index contributed by atoms with van der Waals surface area (Å²) in [6, 6.07) is 0.192. The van der Waals surface area contributed by atoms with E-state index in [4.69, 9.17) is 10.5 Å². The molecule has 0 aromatic heterocycles. The van der Waals surface area contributed by atoms with Crippen LogP contribution in [0.1, 0.15) is 19.8 Å². The van der Waals surface area contributed by atoms with E-state index in [0.29, 0.717) is 6.54 Å². The van der Waals surface area contributed by atoms with Crippen molar-refractivity contribution in [3.05, 3.63) is 0 Å². The highest BCUT2D eigenvalue weighted by Gasteiger charge is 2.08. The first-order valence-corrected chi connectivity index (χ1v) is 4.60. The predicted molar refractivity (Wildman–Crippen MR) is 52.4 cm³/mol. The van der Waals surface area contributed by atoms with Gasteiger partial charge in [0.2, 0.25) is 5.91 Å². The number of hydrogen-bond donors (Lipinski definition) is 1. The molecule has 0 rings (SSSR count). The van der Waals surface area contributed by atoms with Gasteiger partial charge in [-0.1, -0.05) is 6.92 Å². The second kappa shape index (κ2) is 6.86. The molecule has 1 atom stereocenters. The van der Waals surface area contributed by atoms with Crippen molar-refractivity contribution in [2.24, 2.45) is 5.73 Å². The van der Waals surface area contributed by atoms with Gasteiger partial charge in [0, 0.05) is 26.7 Å². The molecule has 0 aromatic carbocycles. The van der Waals surface area contributed by atoms with Crippen LogP contribution in [0.4, 0.5) is 0 Å². The third-order valence-corrected chi connectivity index (χ3v) is 2.05. The van der Waals surface area contributed by atoms with Gasteiger partial charge in [0.25, 0.3) is 0 Å². The molecule has 78 valence electrons. The van der Waals surface area contributed by atoms with Crippen molar-refractivity contribution in [1.29, 1.82) is 0 Å². The Labute approximate surface area is 80.0 Å². The Morgan fingerprint density at radius 1 is 1.62 bits per heavy atom. The fourth-order valence-electron chi connectivity index (χ4n) is 0.922. The molecule has 0 aliphatic rings. The highest BCUT2D eigenvalue weighted by Crippen LogP contribution is 1.96. The molecule has 0 radical (unpaired) electrons. The van der Waals surface area contributed by atoms with Gasteiger partial charge in [0.15, 0.2) is 0 Å². The van der Waals surface area contributed by atoms with Gasteiger partial charge in [0.05, 0.1) is 0 Å². The number of hydrogen-bond acceptors (Lipinski definition) is 3. The van der Waals surface area contributed by atoms with E-state index in [9.17, 15) is 4.79 Å². The summed E-state index contributed by atoms with van der Waals surface area (Å²) in [5, 5.41) is 0. The van der Waals surface area contributed by atoms with Gasteiger partial charge in [-0.05, 0) is 12.8 Å². The van der Waals surface area contributed by atoms with E-state index >= 15 is 0 Å². The maximum atomic E-state index is 11.2. The van der Waals surface area contributed by atoms with Crippen LogP contribution in [0.25, 0.3) is 0 Å². The Morgan fingerprint density at radius 3 is 2.69 bits per heavy atom. The minimum Gasteiger partial charge on any atom is -0.375 e. The summed E-state index contributed by atoms with van der Waals surface area (Å²) >= 11 is 0. The molecule has 0 bridgehead atoms. The Kier molecular flexibility index (Phi) is 6.54. The number of ether oxygens (including phenoxy) is 1. The fraction of sp³-hybridized carbons (Fsp3) is 0.889. The summed E-state index contributed by atoms with van der Waals surface area (Å²) in [5.74, 6) is 0.00537. The summed E-state index contributed by atoms with van der Waals surface area (Å²) in [5.41, 5.74) is 5.73. The van der Waals surface area contributed by atoms with E-state index in [1.807, 2.05) is 6.92 Å². The molecule has 4 nitrogen and oxygen atoms in total. The number of nitrogens with two attached hydrogens (primary N) is 1. The van der Waals surface area contributed by atoms with Crippen LogP contribution in [0, 0.1) is 0 Å². The molecular weight excluding hydrogens is 168 g/mol. The zero-order chi connectivity index (χ0) is 10.3. The number of carbonyl (C=O) groups excluding carboxylic acids is 1. The molecule has 0 fully saturated rings. The highest BCUT2D eigenvalue weighted by atomic mass is 16.5. The molecule has 0 aliphatic heterocycles. The fourth-order valence-corrected chi connectivity index (χ4v) is 0.922. The molecule has 1 amide bonds. The largest absolute Gasteiger partial charge is 0.375 e. The third-order valence-electron chi connectivity index (χ3n) is 2.05. The van der Waals surface area contributed by atoms with Crippen LogP contribution in [0.5, 0.6) is 0 Å². The maximum Gasteiger partial charge on any atom is 0.248 e. The minimum absolute atomic E-state index is 0.00537. The first-order valence-electron chi connectivity index (χ1n) is 4.60. The Hall–Kier alpha value is -0.610. The summed E-state index contributed by atoms with van der Waals surface area (Å²) in [6.45, 7) is 2.90. The van der Waals surface area contributed by atoms with E-state index in [-0.39, 0.29) is 18.6 Å². The molecule has 0 saturated heterocycles. The van der Waals surface area contributed by atoms with E-state index in [2.05, 4.69) is 0 Å². The molecule has 1 unspecified atom stereocenters. The average molecular weight is 188 g/mol. The van der Waals surface area contributed by atoms with Crippen LogP contribution in [-0.4, -0.2) is 44.2 Å².